The minimum Gasteiger partial charge on any atom is -0.469 e. The Morgan fingerprint density at radius 1 is 1.33 bits per heavy atom. The molecule has 4 atom stereocenters. The highest BCUT2D eigenvalue weighted by atomic mass is 17.2. The van der Waals surface area contributed by atoms with Gasteiger partial charge in [0.05, 0.1) is 18.6 Å². The van der Waals surface area contributed by atoms with Gasteiger partial charge in [-0.2, -0.15) is 0 Å². The summed E-state index contributed by atoms with van der Waals surface area (Å²) in [6, 6.07) is 0. The predicted molar refractivity (Wildman–Crippen MR) is 119 cm³/mol. The Bertz CT molecular complexity index is 642. The van der Waals surface area contributed by atoms with E-state index in [2.05, 4.69) is 40.3 Å². The Kier molecular flexibility index (Phi) is 8.34. The molecule has 2 fully saturated rings. The molecule has 1 N–H and O–H groups in total. The fraction of sp³-hybridized carbons (Fsp3) is 0.800. The molecule has 1 saturated heterocycles. The van der Waals surface area contributed by atoms with E-state index in [1.807, 2.05) is 6.92 Å². The number of methoxy groups -OCH3 is 1. The monoisotopic (exact) mass is 422 g/mol. The molecule has 30 heavy (non-hydrogen) atoms. The van der Waals surface area contributed by atoms with E-state index in [9.17, 15) is 9.90 Å². The van der Waals surface area contributed by atoms with E-state index in [0.29, 0.717) is 0 Å². The zero-order valence-electron chi connectivity index (χ0n) is 19.9. The maximum atomic E-state index is 11.7. The summed E-state index contributed by atoms with van der Waals surface area (Å²) in [7, 11) is 1.39. The van der Waals surface area contributed by atoms with Crippen molar-refractivity contribution in [2.75, 3.05) is 7.11 Å². The highest BCUT2D eigenvalue weighted by Gasteiger charge is 2.47. The molecule has 5 heteroatoms. The number of ether oxygens (including phenoxy) is 1. The normalized spacial score (nSPS) is 33.2. The zero-order chi connectivity index (χ0) is 22.6. The summed E-state index contributed by atoms with van der Waals surface area (Å²) in [4.78, 5) is 22.9. The topological polar surface area (TPSA) is 65.0 Å². The average Bonchev–Trinajstić information content (AvgIpc) is 2.70. The van der Waals surface area contributed by atoms with Crippen LogP contribution < -0.4 is 0 Å². The Morgan fingerprint density at radius 2 is 2.03 bits per heavy atom. The van der Waals surface area contributed by atoms with Gasteiger partial charge in [-0.15, -0.1) is 0 Å². The summed E-state index contributed by atoms with van der Waals surface area (Å²) >= 11 is 0. The number of hydrogen-bond acceptors (Lipinski definition) is 5. The third-order valence-corrected chi connectivity index (χ3v) is 7.49. The smallest absolute Gasteiger partial charge is 0.311 e. The molecular weight excluding hydrogens is 380 g/mol. The Hall–Kier alpha value is -1.17. The van der Waals surface area contributed by atoms with E-state index in [-0.39, 0.29) is 29.0 Å². The number of carbonyl (C=O) groups excluding carboxylic acids is 1. The molecule has 0 aromatic rings. The van der Waals surface area contributed by atoms with Crippen molar-refractivity contribution in [3.8, 4) is 0 Å². The van der Waals surface area contributed by atoms with Gasteiger partial charge in [-0.3, -0.25) is 4.79 Å². The number of allylic oxidation sites excluding steroid dienone is 2. The summed E-state index contributed by atoms with van der Waals surface area (Å²) in [5, 5.41) is 11.3. The molecule has 0 aromatic carbocycles. The summed E-state index contributed by atoms with van der Waals surface area (Å²) in [6.45, 7) is 14.5. The van der Waals surface area contributed by atoms with Crippen molar-refractivity contribution >= 4 is 5.97 Å². The van der Waals surface area contributed by atoms with Crippen LogP contribution in [0, 0.1) is 11.3 Å². The summed E-state index contributed by atoms with van der Waals surface area (Å²) < 4.78 is 4.80. The van der Waals surface area contributed by atoms with Crippen LogP contribution in [0.5, 0.6) is 0 Å². The van der Waals surface area contributed by atoms with E-state index in [1.54, 1.807) is 0 Å². The number of rotatable bonds is 8. The first-order valence-electron chi connectivity index (χ1n) is 11.4. The van der Waals surface area contributed by atoms with Crippen molar-refractivity contribution in [3.05, 3.63) is 23.8 Å². The minimum absolute atomic E-state index is 0.124. The van der Waals surface area contributed by atoms with Gasteiger partial charge < -0.3 is 9.84 Å². The first-order chi connectivity index (χ1) is 13.9. The van der Waals surface area contributed by atoms with Crippen molar-refractivity contribution in [2.24, 2.45) is 11.3 Å². The lowest BCUT2D eigenvalue weighted by Gasteiger charge is -2.48. The van der Waals surface area contributed by atoms with Gasteiger partial charge in [0, 0.05) is 0 Å². The molecule has 2 aliphatic rings. The molecule has 0 aromatic heterocycles. The van der Waals surface area contributed by atoms with Crippen molar-refractivity contribution in [3.63, 3.8) is 0 Å². The number of carbonyl (C=O) groups is 1. The van der Waals surface area contributed by atoms with E-state index in [4.69, 9.17) is 14.5 Å². The van der Waals surface area contributed by atoms with Gasteiger partial charge in [-0.25, -0.2) is 9.78 Å². The fourth-order valence-electron chi connectivity index (χ4n) is 4.81. The Balaban J connectivity index is 1.81. The van der Waals surface area contributed by atoms with Gasteiger partial charge in [0.1, 0.15) is 11.7 Å². The van der Waals surface area contributed by atoms with Gasteiger partial charge in [-0.05, 0) is 89.5 Å². The van der Waals surface area contributed by atoms with Crippen molar-refractivity contribution in [1.82, 2.24) is 0 Å². The van der Waals surface area contributed by atoms with E-state index in [1.165, 1.54) is 12.7 Å². The van der Waals surface area contributed by atoms with Crippen LogP contribution in [-0.2, 0) is 19.3 Å². The van der Waals surface area contributed by atoms with Crippen LogP contribution in [0.3, 0.4) is 0 Å². The molecule has 172 valence electrons. The average molecular weight is 423 g/mol. The van der Waals surface area contributed by atoms with Crippen LogP contribution >= 0.6 is 0 Å². The highest BCUT2D eigenvalue weighted by Crippen LogP contribution is 2.49. The van der Waals surface area contributed by atoms with Gasteiger partial charge in [0.2, 0.25) is 0 Å². The third-order valence-electron chi connectivity index (χ3n) is 7.49. The summed E-state index contributed by atoms with van der Waals surface area (Å²) in [6.07, 6.45) is 10.0. The quantitative estimate of drug-likeness (QED) is 0.310. The van der Waals surface area contributed by atoms with Crippen LogP contribution in [0.2, 0.25) is 0 Å². The largest absolute Gasteiger partial charge is 0.469 e. The molecule has 0 spiro atoms. The standard InChI is InChI=1S/C25H42O5/c1-18(12-17-25(27)19(2)11-9-14-23(25,4)5)10-8-15-24(6)16-13-21(29-30-24)20(3)22(26)28-7/h10,20-21,27H,2,8-9,11-17H2,1,3-7H3/b18-10+/t20-,21-,24+,25+/m1/s1. The molecular formula is C25H42O5. The molecule has 0 unspecified atom stereocenters. The minimum atomic E-state index is -0.780. The van der Waals surface area contributed by atoms with Crippen molar-refractivity contribution < 1.29 is 24.4 Å². The second-order valence-electron chi connectivity index (χ2n) is 10.3. The molecule has 2 rings (SSSR count). The van der Waals surface area contributed by atoms with Crippen LogP contribution in [-0.4, -0.2) is 35.5 Å². The van der Waals surface area contributed by atoms with Crippen LogP contribution in [0.15, 0.2) is 23.8 Å². The summed E-state index contributed by atoms with van der Waals surface area (Å²) in [5.41, 5.74) is 1.03. The van der Waals surface area contributed by atoms with Crippen LogP contribution in [0.1, 0.15) is 92.4 Å². The Morgan fingerprint density at radius 3 is 2.60 bits per heavy atom. The van der Waals surface area contributed by atoms with Gasteiger partial charge in [0.15, 0.2) is 0 Å². The highest BCUT2D eigenvalue weighted by molar-refractivity contribution is 5.72. The SMILES string of the molecule is C=C1CCCC(C)(C)[C@]1(O)CC/C(C)=C/CC[C@@]1(C)CC[C@H]([C@@H](C)C(=O)OC)OO1. The van der Waals surface area contributed by atoms with E-state index < -0.39 is 5.60 Å². The molecule has 0 bridgehead atoms. The maximum absolute atomic E-state index is 11.7. The second kappa shape index (κ2) is 9.97. The number of hydrogen-bond donors (Lipinski definition) is 1. The number of aliphatic hydroxyl groups is 1. The maximum Gasteiger partial charge on any atom is 0.311 e. The first-order valence-corrected chi connectivity index (χ1v) is 11.4. The third kappa shape index (κ3) is 5.74. The van der Waals surface area contributed by atoms with Gasteiger partial charge in [-0.1, -0.05) is 32.1 Å². The lowest BCUT2D eigenvalue weighted by Crippen LogP contribution is -2.48. The Labute approximate surface area is 182 Å². The molecule has 1 saturated carbocycles. The zero-order valence-corrected chi connectivity index (χ0v) is 19.9. The molecule has 1 aliphatic carbocycles. The fourth-order valence-corrected chi connectivity index (χ4v) is 4.81. The molecule has 0 radical (unpaired) electrons. The van der Waals surface area contributed by atoms with Crippen LogP contribution in [0.4, 0.5) is 0 Å². The van der Waals surface area contributed by atoms with Gasteiger partial charge in [0.25, 0.3) is 0 Å². The predicted octanol–water partition coefficient (Wildman–Crippen LogP) is 5.67. The second-order valence-corrected chi connectivity index (χ2v) is 10.3. The van der Waals surface area contributed by atoms with E-state index in [0.717, 1.165) is 63.4 Å². The lowest BCUT2D eigenvalue weighted by atomic mass is 9.61. The van der Waals surface area contributed by atoms with Crippen molar-refractivity contribution in [2.45, 2.75) is 110 Å². The molecule has 0 amide bonds. The summed E-state index contributed by atoms with van der Waals surface area (Å²) in [5.74, 6) is -0.595. The van der Waals surface area contributed by atoms with Crippen LogP contribution in [0.25, 0.3) is 0 Å². The number of esters is 1. The van der Waals surface area contributed by atoms with Gasteiger partial charge >= 0.3 is 5.97 Å². The molecule has 1 heterocycles. The molecule has 5 nitrogen and oxygen atoms in total. The molecule has 1 aliphatic heterocycles. The van der Waals surface area contributed by atoms with E-state index >= 15 is 0 Å². The first kappa shape index (κ1) is 25.1. The van der Waals surface area contributed by atoms with Crippen molar-refractivity contribution in [1.29, 1.82) is 0 Å². The lowest BCUT2D eigenvalue weighted by molar-refractivity contribution is -0.411.